The van der Waals surface area contributed by atoms with E-state index in [1.165, 1.54) is 56.1 Å². The zero-order valence-corrected chi connectivity index (χ0v) is 13.0. The fourth-order valence-electron chi connectivity index (χ4n) is 3.82. The molecule has 2 aliphatic rings. The Labute approximate surface area is 128 Å². The van der Waals surface area contributed by atoms with Gasteiger partial charge in [0.1, 0.15) is 5.75 Å². The molecule has 1 atom stereocenters. The summed E-state index contributed by atoms with van der Waals surface area (Å²) in [5.74, 6) is 1.59. The summed E-state index contributed by atoms with van der Waals surface area (Å²) in [5.41, 5.74) is 2.69. The Hall–Kier alpha value is -1.02. The lowest BCUT2D eigenvalue weighted by Gasteiger charge is -2.25. The monoisotopic (exact) mass is 288 g/mol. The Balaban J connectivity index is 1.51. The molecule has 1 aliphatic heterocycles. The first kappa shape index (κ1) is 14.9. The number of fused-ring (bicyclic) bond motifs is 1. The molecule has 0 bridgehead atoms. The molecule has 0 radical (unpaired) electrons. The van der Waals surface area contributed by atoms with E-state index in [4.69, 9.17) is 4.74 Å². The highest BCUT2D eigenvalue weighted by atomic mass is 16.5. The molecule has 0 aromatic heterocycles. The predicted molar refractivity (Wildman–Crippen MR) is 85.8 cm³/mol. The average molecular weight is 288 g/mol. The van der Waals surface area contributed by atoms with Crippen molar-refractivity contribution in [2.24, 2.45) is 5.92 Å². The topological polar surface area (TPSA) is 29.5 Å². The van der Waals surface area contributed by atoms with E-state index in [2.05, 4.69) is 18.2 Å². The van der Waals surface area contributed by atoms with E-state index in [0.29, 0.717) is 5.92 Å². The van der Waals surface area contributed by atoms with Gasteiger partial charge in [0.05, 0.1) is 12.7 Å². The molecule has 3 rings (SSSR count). The van der Waals surface area contributed by atoms with Gasteiger partial charge in [-0.15, -0.1) is 0 Å². The van der Waals surface area contributed by atoms with E-state index in [-0.39, 0.29) is 6.10 Å². The average Bonchev–Trinajstić information content (AvgIpc) is 2.92. The van der Waals surface area contributed by atoms with Crippen molar-refractivity contribution in [2.45, 2.75) is 70.3 Å². The smallest absolute Gasteiger partial charge is 0.122 e. The van der Waals surface area contributed by atoms with Crippen LogP contribution in [0, 0.1) is 5.92 Å². The normalized spacial score (nSPS) is 21.2. The molecule has 0 saturated heterocycles. The van der Waals surface area contributed by atoms with Crippen LogP contribution in [0.2, 0.25) is 0 Å². The molecule has 21 heavy (non-hydrogen) atoms. The molecule has 2 heteroatoms. The number of aliphatic hydroxyl groups excluding tert-OH is 1. The van der Waals surface area contributed by atoms with E-state index in [1.807, 2.05) is 0 Å². The predicted octanol–water partition coefficient (Wildman–Crippen LogP) is 4.28. The highest BCUT2D eigenvalue weighted by molar-refractivity contribution is 5.39. The summed E-state index contributed by atoms with van der Waals surface area (Å²) in [7, 11) is 0. The van der Waals surface area contributed by atoms with Crippen LogP contribution in [0.25, 0.3) is 0 Å². The number of benzene rings is 1. The van der Waals surface area contributed by atoms with E-state index in [9.17, 15) is 5.11 Å². The number of rotatable bonds is 4. The van der Waals surface area contributed by atoms with Crippen molar-refractivity contribution in [3.8, 4) is 5.75 Å². The van der Waals surface area contributed by atoms with Crippen LogP contribution in [-0.2, 0) is 12.8 Å². The molecule has 1 N–H and O–H groups in total. The van der Waals surface area contributed by atoms with Gasteiger partial charge in [-0.2, -0.15) is 0 Å². The van der Waals surface area contributed by atoms with E-state index < -0.39 is 0 Å². The van der Waals surface area contributed by atoms with Gasteiger partial charge in [-0.3, -0.25) is 0 Å². The minimum Gasteiger partial charge on any atom is -0.493 e. The van der Waals surface area contributed by atoms with Crippen LogP contribution >= 0.6 is 0 Å². The highest BCUT2D eigenvalue weighted by Gasteiger charge is 2.20. The van der Waals surface area contributed by atoms with E-state index in [0.717, 1.165) is 31.6 Å². The van der Waals surface area contributed by atoms with Gasteiger partial charge in [0, 0.05) is 6.42 Å². The van der Waals surface area contributed by atoms with Gasteiger partial charge in [0.25, 0.3) is 0 Å². The summed E-state index contributed by atoms with van der Waals surface area (Å²) in [4.78, 5) is 0. The quantitative estimate of drug-likeness (QED) is 0.896. The number of aryl methyl sites for hydroxylation is 1. The second-order valence-corrected chi connectivity index (χ2v) is 6.75. The summed E-state index contributed by atoms with van der Waals surface area (Å²) in [6, 6.07) is 6.53. The molecule has 0 amide bonds. The van der Waals surface area contributed by atoms with Crippen LogP contribution in [0.5, 0.6) is 5.75 Å². The van der Waals surface area contributed by atoms with Gasteiger partial charge in [0.15, 0.2) is 0 Å². The van der Waals surface area contributed by atoms with Gasteiger partial charge in [-0.25, -0.2) is 0 Å². The molecule has 1 fully saturated rings. The first-order valence-corrected chi connectivity index (χ1v) is 8.75. The fraction of sp³-hybridized carbons (Fsp3) is 0.684. The van der Waals surface area contributed by atoms with Gasteiger partial charge < -0.3 is 9.84 Å². The molecule has 2 nitrogen and oxygen atoms in total. The zero-order chi connectivity index (χ0) is 14.5. The maximum Gasteiger partial charge on any atom is 0.122 e. The lowest BCUT2D eigenvalue weighted by molar-refractivity contribution is 0.0835. The molecule has 0 spiro atoms. The number of hydrogen-bond acceptors (Lipinski definition) is 2. The fourth-order valence-corrected chi connectivity index (χ4v) is 3.82. The van der Waals surface area contributed by atoms with E-state index >= 15 is 0 Å². The van der Waals surface area contributed by atoms with Crippen LogP contribution in [0.4, 0.5) is 0 Å². The first-order chi connectivity index (χ1) is 10.3. The summed E-state index contributed by atoms with van der Waals surface area (Å²) in [5, 5.41) is 10.5. The molecule has 1 aliphatic carbocycles. The van der Waals surface area contributed by atoms with Crippen LogP contribution in [0.3, 0.4) is 0 Å². The summed E-state index contributed by atoms with van der Waals surface area (Å²) >= 11 is 0. The standard InChI is InChI=1S/C19H28O2/c20-18(16-6-4-2-1-3-5-7-16)10-8-15-9-11-19-17(14-15)12-13-21-19/h9,11,14,16,18,20H,1-8,10,12-13H2. The van der Waals surface area contributed by atoms with Gasteiger partial charge in [0.2, 0.25) is 0 Å². The Kier molecular flexibility index (Phi) is 5.18. The highest BCUT2D eigenvalue weighted by Crippen LogP contribution is 2.29. The molecule has 1 aromatic rings. The first-order valence-electron chi connectivity index (χ1n) is 8.75. The van der Waals surface area contributed by atoms with Crippen LogP contribution in [0.1, 0.15) is 62.5 Å². The molecule has 1 saturated carbocycles. The third-order valence-electron chi connectivity index (χ3n) is 5.18. The summed E-state index contributed by atoms with van der Waals surface area (Å²) in [6.07, 6.45) is 12.0. The van der Waals surface area contributed by atoms with Gasteiger partial charge >= 0.3 is 0 Å². The third-order valence-corrected chi connectivity index (χ3v) is 5.18. The summed E-state index contributed by atoms with van der Waals surface area (Å²) < 4.78 is 5.55. The molecule has 116 valence electrons. The van der Waals surface area contributed by atoms with Crippen molar-refractivity contribution < 1.29 is 9.84 Å². The van der Waals surface area contributed by atoms with Crippen molar-refractivity contribution >= 4 is 0 Å². The lowest BCUT2D eigenvalue weighted by atomic mass is 9.85. The molecular formula is C19H28O2. The van der Waals surface area contributed by atoms with Crippen molar-refractivity contribution in [1.29, 1.82) is 0 Å². The maximum absolute atomic E-state index is 10.5. The Morgan fingerprint density at radius 2 is 1.86 bits per heavy atom. The van der Waals surface area contributed by atoms with Crippen LogP contribution in [0.15, 0.2) is 18.2 Å². The van der Waals surface area contributed by atoms with E-state index in [1.54, 1.807) is 0 Å². The largest absolute Gasteiger partial charge is 0.493 e. The molecule has 1 heterocycles. The third kappa shape index (κ3) is 4.00. The van der Waals surface area contributed by atoms with Gasteiger partial charge in [-0.05, 0) is 48.8 Å². The SMILES string of the molecule is OC(CCc1ccc2c(c1)CCO2)C1CCCCCCC1. The Bertz CT molecular complexity index is 447. The number of hydrogen-bond donors (Lipinski definition) is 1. The Morgan fingerprint density at radius 3 is 2.67 bits per heavy atom. The van der Waals surface area contributed by atoms with Gasteiger partial charge in [-0.1, -0.05) is 44.2 Å². The zero-order valence-electron chi connectivity index (χ0n) is 13.0. The second kappa shape index (κ2) is 7.31. The minimum atomic E-state index is -0.118. The molecular weight excluding hydrogens is 260 g/mol. The van der Waals surface area contributed by atoms with Crippen molar-refractivity contribution in [1.82, 2.24) is 0 Å². The van der Waals surface area contributed by atoms with Crippen LogP contribution < -0.4 is 4.74 Å². The maximum atomic E-state index is 10.5. The van der Waals surface area contributed by atoms with Crippen molar-refractivity contribution in [3.63, 3.8) is 0 Å². The summed E-state index contributed by atoms with van der Waals surface area (Å²) in [6.45, 7) is 0.823. The second-order valence-electron chi connectivity index (χ2n) is 6.75. The minimum absolute atomic E-state index is 0.118. The van der Waals surface area contributed by atoms with Crippen molar-refractivity contribution in [2.75, 3.05) is 6.61 Å². The number of aliphatic hydroxyl groups is 1. The molecule has 1 unspecified atom stereocenters. The number of ether oxygens (including phenoxy) is 1. The lowest BCUT2D eigenvalue weighted by Crippen LogP contribution is -2.22. The molecule has 1 aromatic carbocycles. The van der Waals surface area contributed by atoms with Crippen LogP contribution in [-0.4, -0.2) is 17.8 Å². The van der Waals surface area contributed by atoms with Crippen molar-refractivity contribution in [3.05, 3.63) is 29.3 Å². The Morgan fingerprint density at radius 1 is 1.10 bits per heavy atom.